The van der Waals surface area contributed by atoms with Crippen molar-refractivity contribution in [3.63, 3.8) is 0 Å². The van der Waals surface area contributed by atoms with Gasteiger partial charge in [-0.1, -0.05) is 55.0 Å². The summed E-state index contributed by atoms with van der Waals surface area (Å²) in [6.45, 7) is 7.61. The van der Waals surface area contributed by atoms with E-state index in [4.69, 9.17) is 5.11 Å². The lowest BCUT2D eigenvalue weighted by atomic mass is 9.95. The molecule has 0 aliphatic carbocycles. The fourth-order valence-electron chi connectivity index (χ4n) is 2.35. The number of aromatic hydroxyl groups is 1. The number of rotatable bonds is 8. The molecule has 0 radical (unpaired) electrons. The number of hydrogen-bond acceptors (Lipinski definition) is 3. The van der Waals surface area contributed by atoms with Gasteiger partial charge in [0.15, 0.2) is 0 Å². The van der Waals surface area contributed by atoms with E-state index in [0.717, 1.165) is 29.6 Å². The van der Waals surface area contributed by atoms with Crippen LogP contribution in [-0.2, 0) is 0 Å². The van der Waals surface area contributed by atoms with Crippen molar-refractivity contribution in [1.29, 1.82) is 0 Å². The highest BCUT2D eigenvalue weighted by atomic mass is 16.3. The molecule has 0 saturated heterocycles. The van der Waals surface area contributed by atoms with Gasteiger partial charge in [0, 0.05) is 5.56 Å². The minimum atomic E-state index is -0.635. The summed E-state index contributed by atoms with van der Waals surface area (Å²) < 4.78 is 0. The highest BCUT2D eigenvalue weighted by molar-refractivity contribution is 5.59. The largest absolute Gasteiger partial charge is 0.507 e. The van der Waals surface area contributed by atoms with Crippen molar-refractivity contribution in [1.82, 2.24) is 0 Å². The van der Waals surface area contributed by atoms with E-state index >= 15 is 0 Å². The first-order valence-corrected chi connectivity index (χ1v) is 7.61. The van der Waals surface area contributed by atoms with Crippen molar-refractivity contribution in [3.8, 4) is 5.75 Å². The van der Waals surface area contributed by atoms with Gasteiger partial charge in [0.1, 0.15) is 5.75 Å². The van der Waals surface area contributed by atoms with Crippen LogP contribution in [0.25, 0.3) is 6.08 Å². The lowest BCUT2D eigenvalue weighted by molar-refractivity contribution is 0.201. The summed E-state index contributed by atoms with van der Waals surface area (Å²) in [6.07, 6.45) is 5.08. The Bertz CT molecular complexity index is 556. The molecule has 0 heterocycles. The molecule has 1 aromatic rings. The first-order valence-electron chi connectivity index (χ1n) is 7.61. The standard InChI is InChI=1S/C19H26O3/c1-4-15(13-16-7-5-6-8-18(16)21)9-10-19(22)17(11-12-20)14(2)3/h5-8,11,13,19-22H,2,4,9-10,12H2,1,3H3/b15-13+,17-11-. The van der Waals surface area contributed by atoms with Crippen LogP contribution in [-0.4, -0.2) is 28.0 Å². The van der Waals surface area contributed by atoms with Gasteiger partial charge in [0.2, 0.25) is 0 Å². The zero-order chi connectivity index (χ0) is 16.5. The number of aliphatic hydroxyl groups is 2. The number of benzene rings is 1. The summed E-state index contributed by atoms with van der Waals surface area (Å²) in [6, 6.07) is 7.21. The minimum Gasteiger partial charge on any atom is -0.507 e. The molecule has 0 aliphatic rings. The van der Waals surface area contributed by atoms with Gasteiger partial charge < -0.3 is 15.3 Å². The number of phenolic OH excluding ortho intramolecular Hbond substituents is 1. The molecule has 120 valence electrons. The summed E-state index contributed by atoms with van der Waals surface area (Å²) in [7, 11) is 0. The summed E-state index contributed by atoms with van der Waals surface area (Å²) in [5.74, 6) is 0.261. The van der Waals surface area contributed by atoms with Crippen LogP contribution in [0.2, 0.25) is 0 Å². The third-order valence-corrected chi connectivity index (χ3v) is 3.65. The average molecular weight is 302 g/mol. The van der Waals surface area contributed by atoms with Crippen LogP contribution in [0, 0.1) is 0 Å². The van der Waals surface area contributed by atoms with E-state index in [0.29, 0.717) is 12.0 Å². The molecule has 0 spiro atoms. The predicted octanol–water partition coefficient (Wildman–Crippen LogP) is 3.82. The zero-order valence-corrected chi connectivity index (χ0v) is 13.4. The van der Waals surface area contributed by atoms with Gasteiger partial charge in [-0.3, -0.25) is 0 Å². The van der Waals surface area contributed by atoms with Crippen molar-refractivity contribution < 1.29 is 15.3 Å². The van der Waals surface area contributed by atoms with E-state index in [-0.39, 0.29) is 12.4 Å². The quantitative estimate of drug-likeness (QED) is 0.640. The molecular weight excluding hydrogens is 276 g/mol. The van der Waals surface area contributed by atoms with Gasteiger partial charge in [-0.05, 0) is 37.8 Å². The maximum atomic E-state index is 10.3. The molecule has 0 saturated carbocycles. The summed E-state index contributed by atoms with van der Waals surface area (Å²) >= 11 is 0. The maximum absolute atomic E-state index is 10.3. The molecule has 0 amide bonds. The van der Waals surface area contributed by atoms with Gasteiger partial charge >= 0.3 is 0 Å². The van der Waals surface area contributed by atoms with Crippen molar-refractivity contribution in [2.24, 2.45) is 0 Å². The van der Waals surface area contributed by atoms with Crippen LogP contribution >= 0.6 is 0 Å². The summed E-state index contributed by atoms with van der Waals surface area (Å²) in [4.78, 5) is 0. The van der Waals surface area contributed by atoms with E-state index in [1.807, 2.05) is 25.1 Å². The Balaban J connectivity index is 2.77. The summed E-state index contributed by atoms with van der Waals surface area (Å²) in [5.41, 5.74) is 3.41. The van der Waals surface area contributed by atoms with Crippen LogP contribution < -0.4 is 0 Å². The second-order valence-electron chi connectivity index (χ2n) is 5.39. The second-order valence-corrected chi connectivity index (χ2v) is 5.39. The normalized spacial score (nSPS) is 14.0. The molecule has 1 rings (SSSR count). The third-order valence-electron chi connectivity index (χ3n) is 3.65. The Morgan fingerprint density at radius 3 is 2.55 bits per heavy atom. The van der Waals surface area contributed by atoms with Crippen LogP contribution in [0.15, 0.2) is 53.6 Å². The van der Waals surface area contributed by atoms with Crippen molar-refractivity contribution in [3.05, 3.63) is 59.2 Å². The van der Waals surface area contributed by atoms with Crippen LogP contribution in [0.3, 0.4) is 0 Å². The number of hydrogen-bond donors (Lipinski definition) is 3. The van der Waals surface area contributed by atoms with Crippen molar-refractivity contribution in [2.45, 2.75) is 39.2 Å². The predicted molar refractivity (Wildman–Crippen MR) is 91.6 cm³/mol. The van der Waals surface area contributed by atoms with E-state index < -0.39 is 6.10 Å². The Morgan fingerprint density at radius 2 is 2.00 bits per heavy atom. The van der Waals surface area contributed by atoms with Gasteiger partial charge in [0.05, 0.1) is 12.7 Å². The average Bonchev–Trinajstić information content (AvgIpc) is 2.50. The Kier molecular flexibility index (Phi) is 7.64. The Morgan fingerprint density at radius 1 is 1.32 bits per heavy atom. The molecule has 1 atom stereocenters. The Hall–Kier alpha value is -1.84. The van der Waals surface area contributed by atoms with Crippen molar-refractivity contribution >= 4 is 6.08 Å². The molecule has 3 heteroatoms. The van der Waals surface area contributed by atoms with E-state index in [1.54, 1.807) is 18.2 Å². The number of phenols is 1. The van der Waals surface area contributed by atoms with Crippen molar-refractivity contribution in [2.75, 3.05) is 6.61 Å². The highest BCUT2D eigenvalue weighted by Gasteiger charge is 2.12. The molecule has 0 aliphatic heterocycles. The second kappa shape index (κ2) is 9.23. The smallest absolute Gasteiger partial charge is 0.122 e. The molecule has 3 nitrogen and oxygen atoms in total. The summed E-state index contributed by atoms with van der Waals surface area (Å²) in [5, 5.41) is 29.1. The monoisotopic (exact) mass is 302 g/mol. The van der Waals surface area contributed by atoms with Gasteiger partial charge in [-0.2, -0.15) is 0 Å². The van der Waals surface area contributed by atoms with Gasteiger partial charge in [-0.15, -0.1) is 0 Å². The maximum Gasteiger partial charge on any atom is 0.122 e. The van der Waals surface area contributed by atoms with Crippen LogP contribution in [0.4, 0.5) is 0 Å². The molecule has 3 N–H and O–H groups in total. The lowest BCUT2D eigenvalue weighted by Gasteiger charge is -2.16. The molecule has 22 heavy (non-hydrogen) atoms. The number of aliphatic hydroxyl groups excluding tert-OH is 2. The number of para-hydroxylation sites is 1. The Labute approximate surface area is 132 Å². The fourth-order valence-corrected chi connectivity index (χ4v) is 2.35. The highest BCUT2D eigenvalue weighted by Crippen LogP contribution is 2.24. The lowest BCUT2D eigenvalue weighted by Crippen LogP contribution is -2.12. The zero-order valence-electron chi connectivity index (χ0n) is 13.4. The number of allylic oxidation sites excluding steroid dienone is 1. The SMILES string of the molecule is C=C(C)/C(=C/CO)C(O)CC/C(=C/c1ccccc1O)CC. The molecule has 0 aromatic heterocycles. The molecule has 0 bridgehead atoms. The minimum absolute atomic E-state index is 0.104. The first-order chi connectivity index (χ1) is 10.5. The van der Waals surface area contributed by atoms with Gasteiger partial charge in [0.25, 0.3) is 0 Å². The fraction of sp³-hybridized carbons (Fsp3) is 0.368. The van der Waals surface area contributed by atoms with Crippen LogP contribution in [0.1, 0.15) is 38.7 Å². The molecule has 1 aromatic carbocycles. The van der Waals surface area contributed by atoms with E-state index in [1.165, 1.54) is 0 Å². The first kappa shape index (κ1) is 18.2. The van der Waals surface area contributed by atoms with Gasteiger partial charge in [-0.25, -0.2) is 0 Å². The molecule has 1 unspecified atom stereocenters. The van der Waals surface area contributed by atoms with Crippen LogP contribution in [0.5, 0.6) is 5.75 Å². The molecule has 0 fully saturated rings. The third kappa shape index (κ3) is 5.51. The van der Waals surface area contributed by atoms with E-state index in [9.17, 15) is 10.2 Å². The molecular formula is C19H26O3. The van der Waals surface area contributed by atoms with E-state index in [2.05, 4.69) is 13.5 Å². The topological polar surface area (TPSA) is 60.7 Å².